The average molecular weight is 354 g/mol. The molecule has 1 aliphatic carbocycles. The third-order valence-corrected chi connectivity index (χ3v) is 5.03. The maximum atomic E-state index is 8.77. The Balaban J connectivity index is 1.88. The van der Waals surface area contributed by atoms with E-state index in [0.717, 1.165) is 29.7 Å². The monoisotopic (exact) mass is 353 g/mol. The van der Waals surface area contributed by atoms with E-state index in [2.05, 4.69) is 26.0 Å². The largest absolute Gasteiger partial charge is 0.409 e. The Hall–Kier alpha value is -1.27. The van der Waals surface area contributed by atoms with E-state index in [4.69, 9.17) is 15.7 Å². The van der Waals surface area contributed by atoms with E-state index in [9.17, 15) is 0 Å². The van der Waals surface area contributed by atoms with Crippen molar-refractivity contribution < 1.29 is 9.94 Å². The number of nitrogens with two attached hydrogens (primary N) is 1. The van der Waals surface area contributed by atoms with E-state index in [1.807, 2.05) is 18.2 Å². The summed E-state index contributed by atoms with van der Waals surface area (Å²) in [6, 6.07) is 6.28. The molecule has 5 nitrogen and oxygen atoms in total. The highest BCUT2D eigenvalue weighted by Crippen LogP contribution is 2.35. The fourth-order valence-electron chi connectivity index (χ4n) is 3.35. The zero-order valence-electron chi connectivity index (χ0n) is 11.8. The molecule has 0 amide bonds. The van der Waals surface area contributed by atoms with Crippen LogP contribution in [0.15, 0.2) is 27.8 Å². The molecule has 0 aromatic heterocycles. The molecule has 1 saturated carbocycles. The minimum Gasteiger partial charge on any atom is -0.409 e. The fraction of sp³-hybridized carbons (Fsp3) is 0.533. The Labute approximate surface area is 132 Å². The molecule has 2 atom stereocenters. The number of ether oxygens (including phenoxy) is 1. The van der Waals surface area contributed by atoms with Crippen LogP contribution in [0.5, 0.6) is 0 Å². The molecule has 1 aromatic rings. The maximum Gasteiger partial charge on any atom is 0.170 e. The van der Waals surface area contributed by atoms with Gasteiger partial charge in [0.05, 0.1) is 24.4 Å². The Morgan fingerprint density at radius 3 is 2.95 bits per heavy atom. The van der Waals surface area contributed by atoms with Gasteiger partial charge >= 0.3 is 0 Å². The summed E-state index contributed by atoms with van der Waals surface area (Å²) in [6.45, 7) is 1.68. The van der Waals surface area contributed by atoms with Gasteiger partial charge in [-0.25, -0.2) is 0 Å². The zero-order chi connectivity index (χ0) is 14.8. The average Bonchev–Trinajstić information content (AvgIpc) is 2.53. The van der Waals surface area contributed by atoms with Gasteiger partial charge in [-0.1, -0.05) is 18.0 Å². The van der Waals surface area contributed by atoms with Gasteiger partial charge < -0.3 is 20.6 Å². The van der Waals surface area contributed by atoms with Gasteiger partial charge in [0.2, 0.25) is 0 Å². The van der Waals surface area contributed by atoms with Crippen molar-refractivity contribution in [1.82, 2.24) is 0 Å². The lowest BCUT2D eigenvalue weighted by molar-refractivity contribution is -0.00872. The first-order valence-electron chi connectivity index (χ1n) is 7.36. The van der Waals surface area contributed by atoms with Crippen molar-refractivity contribution in [1.29, 1.82) is 0 Å². The second kappa shape index (κ2) is 6.23. The molecule has 2 unspecified atom stereocenters. The van der Waals surface area contributed by atoms with Crippen molar-refractivity contribution in [3.8, 4) is 0 Å². The smallest absolute Gasteiger partial charge is 0.170 e. The van der Waals surface area contributed by atoms with Gasteiger partial charge in [-0.15, -0.1) is 0 Å². The first kappa shape index (κ1) is 14.7. The van der Waals surface area contributed by atoms with Crippen LogP contribution in [0.3, 0.4) is 0 Å². The summed E-state index contributed by atoms with van der Waals surface area (Å²) in [4.78, 5) is 2.44. The molecule has 6 heteroatoms. The number of hydrogen-bond acceptors (Lipinski definition) is 4. The second-order valence-electron chi connectivity index (χ2n) is 5.61. The molecule has 1 aromatic carbocycles. The molecule has 3 rings (SSSR count). The molecule has 0 radical (unpaired) electrons. The van der Waals surface area contributed by atoms with Crippen LogP contribution in [0.1, 0.15) is 31.2 Å². The predicted molar refractivity (Wildman–Crippen MR) is 86.0 cm³/mol. The highest BCUT2D eigenvalue weighted by Gasteiger charge is 2.34. The van der Waals surface area contributed by atoms with Crippen molar-refractivity contribution in [3.05, 3.63) is 28.2 Å². The third-order valence-electron chi connectivity index (χ3n) is 4.39. The van der Waals surface area contributed by atoms with Crippen molar-refractivity contribution in [3.63, 3.8) is 0 Å². The SMILES string of the molecule is N/C(=N/O)c1ccc(N2CCOC3CCCCC32)c(Br)c1. The summed E-state index contributed by atoms with van der Waals surface area (Å²) in [5.74, 6) is 0.125. The molecule has 3 N–H and O–H groups in total. The van der Waals surface area contributed by atoms with Gasteiger partial charge in [-0.3, -0.25) is 0 Å². The number of halogens is 1. The Bertz CT molecular complexity index is 548. The minimum atomic E-state index is 0.125. The minimum absolute atomic E-state index is 0.125. The predicted octanol–water partition coefficient (Wildman–Crippen LogP) is 2.69. The van der Waals surface area contributed by atoms with Crippen LogP contribution in [0.2, 0.25) is 0 Å². The van der Waals surface area contributed by atoms with Crippen LogP contribution in [0.4, 0.5) is 5.69 Å². The standard InChI is InChI=1S/C15H20BrN3O2/c16-11-9-10(15(17)18-20)5-6-12(11)19-7-8-21-14-4-2-1-3-13(14)19/h5-6,9,13-14,20H,1-4,7-8H2,(H2,17,18). The number of amidine groups is 1. The summed E-state index contributed by atoms with van der Waals surface area (Å²) in [5.41, 5.74) is 7.51. The molecular formula is C15H20BrN3O2. The first-order chi connectivity index (χ1) is 10.2. The van der Waals surface area contributed by atoms with E-state index in [0.29, 0.717) is 17.7 Å². The van der Waals surface area contributed by atoms with Gasteiger partial charge in [-0.2, -0.15) is 0 Å². The van der Waals surface area contributed by atoms with Crippen molar-refractivity contribution in [2.45, 2.75) is 37.8 Å². The van der Waals surface area contributed by atoms with Gasteiger partial charge in [-0.05, 0) is 47.0 Å². The van der Waals surface area contributed by atoms with Crippen molar-refractivity contribution >= 4 is 27.5 Å². The van der Waals surface area contributed by atoms with E-state index in [-0.39, 0.29) is 5.84 Å². The topological polar surface area (TPSA) is 71.1 Å². The van der Waals surface area contributed by atoms with Crippen molar-refractivity contribution in [2.24, 2.45) is 10.9 Å². The van der Waals surface area contributed by atoms with Gasteiger partial charge in [0.25, 0.3) is 0 Å². The lowest BCUT2D eigenvalue weighted by Crippen LogP contribution is -2.53. The normalized spacial score (nSPS) is 26.5. The lowest BCUT2D eigenvalue weighted by atomic mass is 9.89. The van der Waals surface area contributed by atoms with E-state index < -0.39 is 0 Å². The number of morpholine rings is 1. The molecule has 21 heavy (non-hydrogen) atoms. The Kier molecular flexibility index (Phi) is 4.35. The first-order valence-corrected chi connectivity index (χ1v) is 8.15. The summed E-state index contributed by atoms with van der Waals surface area (Å²) in [6.07, 6.45) is 5.21. The van der Waals surface area contributed by atoms with Gasteiger partial charge in [0.15, 0.2) is 5.84 Å². The number of anilines is 1. The molecule has 1 saturated heterocycles. The summed E-state index contributed by atoms with van der Waals surface area (Å²) in [7, 11) is 0. The van der Waals surface area contributed by atoms with Crippen molar-refractivity contribution in [2.75, 3.05) is 18.1 Å². The summed E-state index contributed by atoms with van der Waals surface area (Å²) in [5, 5.41) is 11.8. The Morgan fingerprint density at radius 1 is 1.38 bits per heavy atom. The number of hydrogen-bond donors (Lipinski definition) is 2. The van der Waals surface area contributed by atoms with Gasteiger partial charge in [0, 0.05) is 16.6 Å². The molecule has 1 aliphatic heterocycles. The number of oxime groups is 1. The van der Waals surface area contributed by atoms with Crippen LogP contribution < -0.4 is 10.6 Å². The van der Waals surface area contributed by atoms with E-state index in [1.54, 1.807) is 0 Å². The molecular weight excluding hydrogens is 334 g/mol. The van der Waals surface area contributed by atoms with Crippen LogP contribution in [0, 0.1) is 0 Å². The summed E-state index contributed by atoms with van der Waals surface area (Å²) < 4.78 is 6.89. The van der Waals surface area contributed by atoms with Gasteiger partial charge in [0.1, 0.15) is 0 Å². The van der Waals surface area contributed by atoms with Crippen LogP contribution in [-0.2, 0) is 4.74 Å². The lowest BCUT2D eigenvalue weighted by Gasteiger charge is -2.45. The molecule has 114 valence electrons. The maximum absolute atomic E-state index is 8.77. The Morgan fingerprint density at radius 2 is 2.19 bits per heavy atom. The molecule has 2 aliphatic rings. The van der Waals surface area contributed by atoms with E-state index in [1.165, 1.54) is 19.3 Å². The number of fused-ring (bicyclic) bond motifs is 1. The quantitative estimate of drug-likeness (QED) is 0.371. The number of benzene rings is 1. The fourth-order valence-corrected chi connectivity index (χ4v) is 3.96. The zero-order valence-corrected chi connectivity index (χ0v) is 13.4. The molecule has 0 spiro atoms. The van der Waals surface area contributed by atoms with E-state index >= 15 is 0 Å². The second-order valence-corrected chi connectivity index (χ2v) is 6.46. The van der Waals surface area contributed by atoms with Crippen LogP contribution in [0.25, 0.3) is 0 Å². The molecule has 1 heterocycles. The highest BCUT2D eigenvalue weighted by molar-refractivity contribution is 9.10. The number of rotatable bonds is 2. The van der Waals surface area contributed by atoms with Crippen LogP contribution >= 0.6 is 15.9 Å². The molecule has 2 fully saturated rings. The summed E-state index contributed by atoms with van der Waals surface area (Å²) >= 11 is 3.62. The third kappa shape index (κ3) is 2.87. The number of nitrogens with zero attached hydrogens (tertiary/aromatic N) is 2. The molecule has 0 bridgehead atoms. The van der Waals surface area contributed by atoms with Crippen LogP contribution in [-0.4, -0.2) is 36.3 Å². The highest BCUT2D eigenvalue weighted by atomic mass is 79.9.